The minimum atomic E-state index is -4.12. The van der Waals surface area contributed by atoms with Gasteiger partial charge in [-0.1, -0.05) is 0 Å². The number of carbonyl (C=O) groups is 1. The summed E-state index contributed by atoms with van der Waals surface area (Å²) in [6.07, 6.45) is 1.14. The van der Waals surface area contributed by atoms with Gasteiger partial charge in [-0.3, -0.25) is 9.69 Å². The smallest absolute Gasteiger partial charge is 0.401 e. The highest BCUT2D eigenvalue weighted by atomic mass is 19.4. The molecule has 4 fully saturated rings. The number of fused-ring (bicyclic) bond motifs is 5. The fraction of sp³-hybridized carbons (Fsp3) is 0.941. The van der Waals surface area contributed by atoms with Crippen molar-refractivity contribution in [3.63, 3.8) is 0 Å². The molecule has 3 nitrogen and oxygen atoms in total. The molecule has 1 aliphatic heterocycles. The van der Waals surface area contributed by atoms with Crippen LogP contribution in [0.4, 0.5) is 13.2 Å². The average Bonchev–Trinajstić information content (AvgIpc) is 2.93. The van der Waals surface area contributed by atoms with E-state index < -0.39 is 12.7 Å². The number of ether oxygens (including phenoxy) is 1. The van der Waals surface area contributed by atoms with Crippen LogP contribution in [-0.4, -0.2) is 43.3 Å². The van der Waals surface area contributed by atoms with E-state index in [0.717, 1.165) is 11.8 Å². The first-order valence-electron chi connectivity index (χ1n) is 8.88. The van der Waals surface area contributed by atoms with Crippen molar-refractivity contribution in [1.29, 1.82) is 0 Å². The highest BCUT2D eigenvalue weighted by molar-refractivity contribution is 5.77. The van der Waals surface area contributed by atoms with Crippen molar-refractivity contribution in [3.8, 4) is 0 Å². The van der Waals surface area contributed by atoms with Crippen LogP contribution in [0.3, 0.4) is 0 Å². The summed E-state index contributed by atoms with van der Waals surface area (Å²) in [7, 11) is 0. The van der Waals surface area contributed by atoms with Crippen molar-refractivity contribution in [1.82, 2.24) is 4.90 Å². The lowest BCUT2D eigenvalue weighted by Crippen LogP contribution is -2.41. The summed E-state index contributed by atoms with van der Waals surface area (Å²) in [6.45, 7) is 0.457. The van der Waals surface area contributed by atoms with Crippen LogP contribution in [0.25, 0.3) is 0 Å². The molecule has 1 saturated heterocycles. The second kappa shape index (κ2) is 5.64. The van der Waals surface area contributed by atoms with Crippen LogP contribution in [0.2, 0.25) is 0 Å². The van der Waals surface area contributed by atoms with Crippen LogP contribution >= 0.6 is 0 Å². The molecule has 23 heavy (non-hydrogen) atoms. The van der Waals surface area contributed by atoms with Gasteiger partial charge in [-0.25, -0.2) is 0 Å². The lowest BCUT2D eigenvalue weighted by atomic mass is 9.97. The maximum Gasteiger partial charge on any atom is 0.401 e. The Morgan fingerprint density at radius 3 is 2.22 bits per heavy atom. The first-order valence-corrected chi connectivity index (χ1v) is 8.88. The molecule has 6 heteroatoms. The van der Waals surface area contributed by atoms with Crippen LogP contribution in [0.1, 0.15) is 32.1 Å². The molecule has 0 amide bonds. The van der Waals surface area contributed by atoms with Gasteiger partial charge in [0, 0.05) is 0 Å². The highest BCUT2D eigenvalue weighted by Gasteiger charge is 2.68. The third-order valence-corrected chi connectivity index (χ3v) is 6.58. The van der Waals surface area contributed by atoms with E-state index in [-0.39, 0.29) is 17.8 Å². The van der Waals surface area contributed by atoms with Gasteiger partial charge < -0.3 is 4.74 Å². The number of esters is 1. The van der Waals surface area contributed by atoms with E-state index in [4.69, 9.17) is 4.74 Å². The maximum absolute atomic E-state index is 12.4. The molecule has 0 radical (unpaired) electrons. The SMILES string of the molecule is O=C(OCC1CCN(CC(F)(F)F)CC1)C1C2C3CCC(C3)C12. The standard InChI is InChI=1S/C17H24F3NO2/c18-17(19,20)9-21-5-3-10(4-6-21)8-23-16(22)15-13-11-1-2-12(7-11)14(13)15/h10-15H,1-9H2. The molecule has 0 N–H and O–H groups in total. The van der Waals surface area contributed by atoms with E-state index in [0.29, 0.717) is 44.4 Å². The van der Waals surface area contributed by atoms with Crippen LogP contribution < -0.4 is 0 Å². The number of carbonyl (C=O) groups excluding carboxylic acids is 1. The topological polar surface area (TPSA) is 29.5 Å². The quantitative estimate of drug-likeness (QED) is 0.742. The fourth-order valence-electron chi connectivity index (χ4n) is 5.50. The molecule has 4 rings (SSSR count). The van der Waals surface area contributed by atoms with Gasteiger partial charge >= 0.3 is 12.1 Å². The highest BCUT2D eigenvalue weighted by Crippen LogP contribution is 2.69. The molecule has 3 aliphatic carbocycles. The number of piperidine rings is 1. The number of halogens is 3. The molecule has 4 unspecified atom stereocenters. The molecular weight excluding hydrogens is 307 g/mol. The molecule has 0 aromatic carbocycles. The number of rotatable bonds is 4. The summed E-state index contributed by atoms with van der Waals surface area (Å²) in [5, 5.41) is 0. The zero-order chi connectivity index (χ0) is 16.2. The zero-order valence-electron chi connectivity index (χ0n) is 13.2. The Hall–Kier alpha value is -0.780. The number of hydrogen-bond acceptors (Lipinski definition) is 3. The summed E-state index contributed by atoms with van der Waals surface area (Å²) in [5.74, 6) is 3.03. The van der Waals surface area contributed by atoms with E-state index in [1.165, 1.54) is 24.2 Å². The van der Waals surface area contributed by atoms with Crippen molar-refractivity contribution in [2.45, 2.75) is 38.3 Å². The van der Waals surface area contributed by atoms with Crippen molar-refractivity contribution in [3.05, 3.63) is 0 Å². The third kappa shape index (κ3) is 3.11. The van der Waals surface area contributed by atoms with E-state index >= 15 is 0 Å². The minimum Gasteiger partial charge on any atom is -0.465 e. The molecule has 0 spiro atoms. The van der Waals surface area contributed by atoms with Gasteiger partial charge in [-0.2, -0.15) is 13.2 Å². The van der Waals surface area contributed by atoms with Gasteiger partial charge in [0.15, 0.2) is 0 Å². The molecular formula is C17H24F3NO2. The first-order chi connectivity index (χ1) is 10.9. The van der Waals surface area contributed by atoms with Crippen LogP contribution in [0.15, 0.2) is 0 Å². The second-order valence-corrected chi connectivity index (χ2v) is 7.98. The zero-order valence-corrected chi connectivity index (χ0v) is 13.2. The summed E-state index contributed by atoms with van der Waals surface area (Å²) in [6, 6.07) is 0. The van der Waals surface area contributed by atoms with Crippen LogP contribution in [-0.2, 0) is 9.53 Å². The second-order valence-electron chi connectivity index (χ2n) is 7.98. The molecule has 3 saturated carbocycles. The van der Waals surface area contributed by atoms with Crippen molar-refractivity contribution in [2.75, 3.05) is 26.2 Å². The molecule has 0 aromatic heterocycles. The Morgan fingerprint density at radius 2 is 1.65 bits per heavy atom. The average molecular weight is 331 g/mol. The molecule has 130 valence electrons. The summed E-state index contributed by atoms with van der Waals surface area (Å²) in [4.78, 5) is 13.7. The van der Waals surface area contributed by atoms with E-state index in [1.54, 1.807) is 0 Å². The van der Waals surface area contributed by atoms with Gasteiger partial charge in [0.1, 0.15) is 0 Å². The van der Waals surface area contributed by atoms with Gasteiger partial charge in [0.05, 0.1) is 19.1 Å². The third-order valence-electron chi connectivity index (χ3n) is 6.58. The lowest BCUT2D eigenvalue weighted by Gasteiger charge is -2.32. The Balaban J connectivity index is 1.18. The predicted octanol–water partition coefficient (Wildman–Crippen LogP) is 3.10. The largest absolute Gasteiger partial charge is 0.465 e. The van der Waals surface area contributed by atoms with E-state index in [2.05, 4.69) is 0 Å². The number of alkyl halides is 3. The summed E-state index contributed by atoms with van der Waals surface area (Å²) < 4.78 is 42.6. The fourth-order valence-corrected chi connectivity index (χ4v) is 5.50. The van der Waals surface area contributed by atoms with E-state index in [1.807, 2.05) is 0 Å². The molecule has 2 bridgehead atoms. The lowest BCUT2D eigenvalue weighted by molar-refractivity contribution is -0.152. The van der Waals surface area contributed by atoms with Gasteiger partial charge in [-0.15, -0.1) is 0 Å². The van der Waals surface area contributed by atoms with Crippen molar-refractivity contribution >= 4 is 5.97 Å². The first kappa shape index (κ1) is 15.7. The number of hydrogen-bond donors (Lipinski definition) is 0. The predicted molar refractivity (Wildman–Crippen MR) is 77.5 cm³/mol. The normalized spacial score (nSPS) is 40.2. The van der Waals surface area contributed by atoms with Crippen molar-refractivity contribution in [2.24, 2.45) is 35.5 Å². The van der Waals surface area contributed by atoms with Gasteiger partial charge in [-0.05, 0) is 74.8 Å². The molecule has 0 aromatic rings. The van der Waals surface area contributed by atoms with Crippen LogP contribution in [0, 0.1) is 35.5 Å². The molecule has 4 aliphatic rings. The Morgan fingerprint density at radius 1 is 1.04 bits per heavy atom. The van der Waals surface area contributed by atoms with E-state index in [9.17, 15) is 18.0 Å². The maximum atomic E-state index is 12.4. The minimum absolute atomic E-state index is 0.0330. The Bertz CT molecular complexity index is 457. The summed E-state index contributed by atoms with van der Waals surface area (Å²) in [5.41, 5.74) is 0. The Kier molecular flexibility index (Phi) is 3.86. The number of nitrogens with zero attached hydrogens (tertiary/aromatic N) is 1. The molecule has 4 atom stereocenters. The molecule has 1 heterocycles. The number of likely N-dealkylation sites (tertiary alicyclic amines) is 1. The van der Waals surface area contributed by atoms with Gasteiger partial charge in [0.2, 0.25) is 0 Å². The van der Waals surface area contributed by atoms with Crippen molar-refractivity contribution < 1.29 is 22.7 Å². The Labute approximate surface area is 134 Å². The van der Waals surface area contributed by atoms with Crippen LogP contribution in [0.5, 0.6) is 0 Å². The summed E-state index contributed by atoms with van der Waals surface area (Å²) >= 11 is 0. The monoisotopic (exact) mass is 331 g/mol. The van der Waals surface area contributed by atoms with Gasteiger partial charge in [0.25, 0.3) is 0 Å².